The molecule has 0 N–H and O–H groups in total. The molecule has 0 saturated carbocycles. The summed E-state index contributed by atoms with van der Waals surface area (Å²) in [5, 5.41) is 7.83. The van der Waals surface area contributed by atoms with E-state index in [1.807, 2.05) is 0 Å². The number of furan rings is 1. The zero-order valence-electron chi connectivity index (χ0n) is 16.3. The predicted molar refractivity (Wildman–Crippen MR) is 99.9 cm³/mol. The molecule has 0 unspecified atom stereocenters. The first-order chi connectivity index (χ1) is 14.8. The van der Waals surface area contributed by atoms with Crippen LogP contribution in [0.5, 0.6) is 0 Å². The molecule has 1 saturated heterocycles. The van der Waals surface area contributed by atoms with Gasteiger partial charge in [0.2, 0.25) is 0 Å². The Morgan fingerprint density at radius 1 is 1.29 bits per heavy atom. The molecule has 4 aromatic heterocycles. The number of fused-ring (bicyclic) bond motifs is 1. The van der Waals surface area contributed by atoms with Gasteiger partial charge in [0.05, 0.1) is 18.5 Å². The zero-order valence-corrected chi connectivity index (χ0v) is 16.3. The number of nitrogens with zero attached hydrogens (tertiary/aromatic N) is 5. The lowest BCUT2D eigenvalue weighted by atomic mass is 10.1. The van der Waals surface area contributed by atoms with Crippen molar-refractivity contribution < 1.29 is 26.9 Å². The Balaban J connectivity index is 1.61. The van der Waals surface area contributed by atoms with Gasteiger partial charge in [-0.3, -0.25) is 4.79 Å². The number of rotatable bonds is 3. The minimum absolute atomic E-state index is 0.0222. The Bertz CT molecular complexity index is 1260. The maximum Gasteiger partial charge on any atom is 0.433 e. The summed E-state index contributed by atoms with van der Waals surface area (Å²) < 4.78 is 52.1. The Morgan fingerprint density at radius 2 is 2.13 bits per heavy atom. The van der Waals surface area contributed by atoms with Crippen molar-refractivity contribution in [3.05, 3.63) is 59.4 Å². The zero-order chi connectivity index (χ0) is 21.8. The van der Waals surface area contributed by atoms with Crippen LogP contribution < -0.4 is 0 Å². The molecule has 5 heterocycles. The van der Waals surface area contributed by atoms with E-state index < -0.39 is 17.8 Å². The van der Waals surface area contributed by atoms with Gasteiger partial charge in [-0.05, 0) is 38.0 Å². The highest BCUT2D eigenvalue weighted by Crippen LogP contribution is 2.35. The van der Waals surface area contributed by atoms with Gasteiger partial charge in [-0.2, -0.15) is 18.3 Å². The van der Waals surface area contributed by atoms with Crippen molar-refractivity contribution in [2.24, 2.45) is 0 Å². The molecule has 1 atom stereocenters. The molecule has 0 radical (unpaired) electrons. The minimum atomic E-state index is -4.71. The molecule has 0 aliphatic carbocycles. The highest BCUT2D eigenvalue weighted by atomic mass is 19.4. The van der Waals surface area contributed by atoms with Crippen LogP contribution in [0.25, 0.3) is 17.1 Å². The van der Waals surface area contributed by atoms with E-state index in [0.29, 0.717) is 28.9 Å². The van der Waals surface area contributed by atoms with E-state index >= 15 is 0 Å². The van der Waals surface area contributed by atoms with Gasteiger partial charge in [0.1, 0.15) is 22.7 Å². The molecule has 4 aromatic rings. The first-order valence-electron chi connectivity index (χ1n) is 9.57. The van der Waals surface area contributed by atoms with E-state index in [-0.39, 0.29) is 28.7 Å². The fourth-order valence-electron chi connectivity index (χ4n) is 3.88. The molecule has 1 amide bonds. The van der Waals surface area contributed by atoms with Crippen LogP contribution in [0.4, 0.5) is 13.2 Å². The first kappa shape index (κ1) is 19.3. The van der Waals surface area contributed by atoms with E-state index in [2.05, 4.69) is 15.2 Å². The third-order valence-electron chi connectivity index (χ3n) is 5.27. The van der Waals surface area contributed by atoms with Gasteiger partial charge in [-0.25, -0.2) is 9.50 Å². The van der Waals surface area contributed by atoms with Crippen LogP contribution >= 0.6 is 0 Å². The van der Waals surface area contributed by atoms with Crippen molar-refractivity contribution in [2.75, 3.05) is 6.54 Å². The van der Waals surface area contributed by atoms with E-state index in [1.165, 1.54) is 12.3 Å². The number of halogens is 3. The van der Waals surface area contributed by atoms with Crippen LogP contribution in [0.15, 0.2) is 45.7 Å². The molecule has 31 heavy (non-hydrogen) atoms. The molecular weight excluding hydrogens is 415 g/mol. The lowest BCUT2D eigenvalue weighted by molar-refractivity contribution is -0.142. The van der Waals surface area contributed by atoms with Gasteiger partial charge in [-0.15, -0.1) is 0 Å². The van der Waals surface area contributed by atoms with Gasteiger partial charge >= 0.3 is 6.18 Å². The number of aryl methyl sites for hydroxylation is 1. The lowest BCUT2D eigenvalue weighted by Crippen LogP contribution is -2.30. The third kappa shape index (κ3) is 3.25. The molecule has 11 heteroatoms. The molecular formula is C20H16F3N5O3. The normalized spacial score (nSPS) is 17.0. The van der Waals surface area contributed by atoms with Crippen molar-refractivity contribution in [3.63, 3.8) is 0 Å². The molecule has 160 valence electrons. The maximum atomic E-state index is 13.7. The highest BCUT2D eigenvalue weighted by Gasteiger charge is 2.38. The average molecular weight is 431 g/mol. The summed E-state index contributed by atoms with van der Waals surface area (Å²) in [4.78, 5) is 19.2. The second-order valence-electron chi connectivity index (χ2n) is 7.31. The smallest absolute Gasteiger partial charge is 0.433 e. The maximum absolute atomic E-state index is 13.7. The second-order valence-corrected chi connectivity index (χ2v) is 7.31. The number of likely N-dealkylation sites (tertiary alicyclic amines) is 1. The van der Waals surface area contributed by atoms with Crippen LogP contribution in [0.1, 0.15) is 46.4 Å². The standard InChI is InChI=1S/C20H16F3N5O3/c1-11-8-13(26-31-11)15-4-2-6-27(15)19(29)12-10-24-28-17(20(21,22)23)9-14(25-18(12)28)16-5-3-7-30-16/h3,5,7-10,15H,2,4,6H2,1H3/t15-/m1/s1. The van der Waals surface area contributed by atoms with Crippen LogP contribution in [-0.2, 0) is 6.18 Å². The number of hydrogen-bond donors (Lipinski definition) is 0. The summed E-state index contributed by atoms with van der Waals surface area (Å²) in [6, 6.07) is 5.33. The summed E-state index contributed by atoms with van der Waals surface area (Å²) in [6.45, 7) is 2.19. The van der Waals surface area contributed by atoms with E-state index in [4.69, 9.17) is 8.94 Å². The number of carbonyl (C=O) groups is 1. The SMILES string of the molecule is Cc1cc([C@H]2CCCN2C(=O)c2cnn3c(C(F)(F)F)cc(-c4ccco4)nc23)no1. The molecule has 0 spiro atoms. The van der Waals surface area contributed by atoms with Crippen LogP contribution in [0.3, 0.4) is 0 Å². The largest absolute Gasteiger partial charge is 0.463 e. The Labute approximate surface area is 173 Å². The third-order valence-corrected chi connectivity index (χ3v) is 5.27. The van der Waals surface area contributed by atoms with Crippen molar-refractivity contribution in [1.29, 1.82) is 0 Å². The summed E-state index contributed by atoms with van der Waals surface area (Å²) in [7, 11) is 0. The van der Waals surface area contributed by atoms with Crippen molar-refractivity contribution in [3.8, 4) is 11.5 Å². The predicted octanol–water partition coefficient (Wildman–Crippen LogP) is 4.28. The van der Waals surface area contributed by atoms with Crippen molar-refractivity contribution in [2.45, 2.75) is 32.0 Å². The van der Waals surface area contributed by atoms with Gasteiger partial charge in [0.25, 0.3) is 5.91 Å². The molecule has 0 aromatic carbocycles. The van der Waals surface area contributed by atoms with Gasteiger partial charge < -0.3 is 13.8 Å². The number of alkyl halides is 3. The van der Waals surface area contributed by atoms with Crippen LogP contribution in [0, 0.1) is 6.92 Å². The summed E-state index contributed by atoms with van der Waals surface area (Å²) in [5.41, 5.74) is -0.684. The van der Waals surface area contributed by atoms with E-state index in [9.17, 15) is 18.0 Å². The number of aromatic nitrogens is 4. The Morgan fingerprint density at radius 3 is 2.81 bits per heavy atom. The van der Waals surface area contributed by atoms with E-state index in [0.717, 1.165) is 18.7 Å². The molecule has 1 aliphatic heterocycles. The monoisotopic (exact) mass is 431 g/mol. The fraction of sp³-hybridized carbons (Fsp3) is 0.300. The average Bonchev–Trinajstić information content (AvgIpc) is 3.51. The molecule has 1 fully saturated rings. The Kier molecular flexibility index (Phi) is 4.34. The van der Waals surface area contributed by atoms with Gasteiger partial charge in [-0.1, -0.05) is 5.16 Å². The minimum Gasteiger partial charge on any atom is -0.463 e. The van der Waals surface area contributed by atoms with Crippen molar-refractivity contribution in [1.82, 2.24) is 24.7 Å². The van der Waals surface area contributed by atoms with Crippen LogP contribution in [0.2, 0.25) is 0 Å². The van der Waals surface area contributed by atoms with Gasteiger partial charge in [0.15, 0.2) is 17.1 Å². The number of carbonyl (C=O) groups excluding carboxylic acids is 1. The second kappa shape index (κ2) is 6.96. The number of amides is 1. The molecule has 5 rings (SSSR count). The van der Waals surface area contributed by atoms with Gasteiger partial charge in [0, 0.05) is 12.6 Å². The molecule has 8 nitrogen and oxygen atoms in total. The Hall–Kier alpha value is -3.63. The quantitative estimate of drug-likeness (QED) is 0.481. The summed E-state index contributed by atoms with van der Waals surface area (Å²) in [6.07, 6.45) is -0.833. The summed E-state index contributed by atoms with van der Waals surface area (Å²) in [5.74, 6) is 0.310. The van der Waals surface area contributed by atoms with Crippen molar-refractivity contribution >= 4 is 11.6 Å². The highest BCUT2D eigenvalue weighted by molar-refractivity contribution is 6.00. The lowest BCUT2D eigenvalue weighted by Gasteiger charge is -2.22. The fourth-order valence-corrected chi connectivity index (χ4v) is 3.88. The molecule has 0 bridgehead atoms. The molecule has 1 aliphatic rings. The van der Waals surface area contributed by atoms with E-state index in [1.54, 1.807) is 24.0 Å². The first-order valence-corrected chi connectivity index (χ1v) is 9.57. The van der Waals surface area contributed by atoms with Crippen LogP contribution in [-0.4, -0.2) is 37.1 Å². The summed E-state index contributed by atoms with van der Waals surface area (Å²) >= 11 is 0. The number of hydrogen-bond acceptors (Lipinski definition) is 6. The topological polar surface area (TPSA) is 89.7 Å².